The molecule has 1 aliphatic rings. The molecule has 2 amide bonds. The molecule has 7 heteroatoms. The second kappa shape index (κ2) is 5.62. The fourth-order valence-electron chi connectivity index (χ4n) is 1.45. The Morgan fingerprint density at radius 2 is 1.83 bits per heavy atom. The average molecular weight is 375 g/mol. The zero-order valence-corrected chi connectivity index (χ0v) is 12.4. The summed E-state index contributed by atoms with van der Waals surface area (Å²) in [4.78, 5) is 20.9. The topological polar surface area (TPSA) is 54.7 Å². The SMILES string of the molecule is Brc1cnn2ccccc12.O=C1CCC(=O)N1Br. The molecular weight excluding hydrogens is 366 g/mol. The van der Waals surface area contributed by atoms with Gasteiger partial charge in [-0.25, -0.2) is 8.44 Å². The number of nitrogens with zero attached hydrogens (tertiary/aromatic N) is 3. The minimum Gasteiger partial charge on any atom is -0.274 e. The van der Waals surface area contributed by atoms with Gasteiger partial charge in [0.05, 0.1) is 32.3 Å². The standard InChI is InChI=1S/C7H5BrN2.C4H4BrNO2/c8-6-5-9-10-4-2-1-3-7(6)10;5-6-3(7)1-2-4(6)8/h1-5H;1-2H2. The van der Waals surface area contributed by atoms with Crippen molar-refractivity contribution < 1.29 is 9.59 Å². The molecule has 0 bridgehead atoms. The Balaban J connectivity index is 0.000000138. The van der Waals surface area contributed by atoms with Gasteiger partial charge in [0.25, 0.3) is 0 Å². The van der Waals surface area contributed by atoms with Gasteiger partial charge in [-0.2, -0.15) is 5.10 Å². The van der Waals surface area contributed by atoms with Crippen molar-refractivity contribution in [1.29, 1.82) is 0 Å². The lowest BCUT2D eigenvalue weighted by Crippen LogP contribution is -2.16. The van der Waals surface area contributed by atoms with Crippen molar-refractivity contribution in [3.8, 4) is 0 Å². The second-order valence-corrected chi connectivity index (χ2v) is 5.15. The van der Waals surface area contributed by atoms with Crippen LogP contribution in [-0.4, -0.2) is 25.4 Å². The van der Waals surface area contributed by atoms with Crippen LogP contribution in [0, 0.1) is 0 Å². The van der Waals surface area contributed by atoms with Gasteiger partial charge in [0, 0.05) is 19.0 Å². The maximum Gasteiger partial charge on any atom is 0.239 e. The lowest BCUT2D eigenvalue weighted by molar-refractivity contribution is -0.131. The monoisotopic (exact) mass is 373 g/mol. The number of amides is 2. The molecule has 94 valence electrons. The Labute approximate surface area is 120 Å². The van der Waals surface area contributed by atoms with Gasteiger partial charge in [-0.3, -0.25) is 9.59 Å². The van der Waals surface area contributed by atoms with E-state index >= 15 is 0 Å². The highest BCUT2D eigenvalue weighted by molar-refractivity contribution is 9.10. The van der Waals surface area contributed by atoms with E-state index in [0.29, 0.717) is 12.8 Å². The number of aromatic nitrogens is 2. The van der Waals surface area contributed by atoms with Crippen LogP contribution in [0.15, 0.2) is 35.1 Å². The van der Waals surface area contributed by atoms with Crippen LogP contribution < -0.4 is 0 Å². The Hall–Kier alpha value is -1.21. The van der Waals surface area contributed by atoms with Crippen LogP contribution in [0.2, 0.25) is 0 Å². The number of rotatable bonds is 0. The molecule has 18 heavy (non-hydrogen) atoms. The third-order valence-corrected chi connectivity index (χ3v) is 3.77. The van der Waals surface area contributed by atoms with E-state index in [4.69, 9.17) is 0 Å². The van der Waals surface area contributed by atoms with Gasteiger partial charge in [0.1, 0.15) is 0 Å². The molecule has 1 saturated heterocycles. The molecule has 0 spiro atoms. The Morgan fingerprint density at radius 3 is 2.33 bits per heavy atom. The van der Waals surface area contributed by atoms with E-state index in [2.05, 4.69) is 37.2 Å². The normalized spacial score (nSPS) is 14.9. The van der Waals surface area contributed by atoms with Gasteiger partial charge in [-0.15, -0.1) is 0 Å². The first kappa shape index (κ1) is 13.2. The van der Waals surface area contributed by atoms with E-state index < -0.39 is 0 Å². The van der Waals surface area contributed by atoms with E-state index in [1.165, 1.54) is 0 Å². The number of fused-ring (bicyclic) bond motifs is 1. The van der Waals surface area contributed by atoms with Gasteiger partial charge in [0.15, 0.2) is 0 Å². The number of imide groups is 1. The highest BCUT2D eigenvalue weighted by Gasteiger charge is 2.26. The summed E-state index contributed by atoms with van der Waals surface area (Å²) in [7, 11) is 0. The minimum absolute atomic E-state index is 0.144. The summed E-state index contributed by atoms with van der Waals surface area (Å²) in [6, 6.07) is 5.95. The highest BCUT2D eigenvalue weighted by Crippen LogP contribution is 2.15. The largest absolute Gasteiger partial charge is 0.274 e. The molecule has 2 aromatic heterocycles. The summed E-state index contributed by atoms with van der Waals surface area (Å²) in [6.07, 6.45) is 4.41. The van der Waals surface area contributed by atoms with Gasteiger partial charge in [-0.05, 0) is 28.1 Å². The second-order valence-electron chi connectivity index (χ2n) is 3.59. The quantitative estimate of drug-likeness (QED) is 0.526. The van der Waals surface area contributed by atoms with Crippen molar-refractivity contribution in [2.24, 2.45) is 0 Å². The molecular formula is C11H9Br2N3O2. The number of pyridine rings is 1. The Morgan fingerprint density at radius 1 is 1.17 bits per heavy atom. The maximum absolute atomic E-state index is 10.4. The summed E-state index contributed by atoms with van der Waals surface area (Å²) in [5.41, 5.74) is 1.10. The summed E-state index contributed by atoms with van der Waals surface area (Å²) < 4.78 is 3.84. The van der Waals surface area contributed by atoms with Crippen molar-refractivity contribution in [1.82, 2.24) is 13.5 Å². The van der Waals surface area contributed by atoms with E-state index in [0.717, 1.165) is 13.9 Å². The fourth-order valence-corrected chi connectivity index (χ4v) is 2.21. The predicted octanol–water partition coefficient (Wildman–Crippen LogP) is 2.54. The molecule has 0 aromatic carbocycles. The summed E-state index contributed by atoms with van der Waals surface area (Å²) in [5, 5.41) is 4.09. The molecule has 1 aliphatic heterocycles. The molecule has 5 nitrogen and oxygen atoms in total. The average Bonchev–Trinajstić information content (AvgIpc) is 2.90. The van der Waals surface area contributed by atoms with Crippen molar-refractivity contribution in [2.45, 2.75) is 12.8 Å². The number of carbonyl (C=O) groups is 2. The van der Waals surface area contributed by atoms with E-state index in [-0.39, 0.29) is 11.8 Å². The highest BCUT2D eigenvalue weighted by atomic mass is 79.9. The molecule has 0 N–H and O–H groups in total. The molecule has 0 atom stereocenters. The first-order chi connectivity index (χ1) is 8.59. The lowest BCUT2D eigenvalue weighted by atomic mass is 10.4. The third kappa shape index (κ3) is 2.78. The summed E-state index contributed by atoms with van der Waals surface area (Å²) in [5.74, 6) is -0.287. The summed E-state index contributed by atoms with van der Waals surface area (Å²) in [6.45, 7) is 0. The zero-order valence-electron chi connectivity index (χ0n) is 9.22. The number of carbonyl (C=O) groups excluding carboxylic acids is 2. The smallest absolute Gasteiger partial charge is 0.239 e. The van der Waals surface area contributed by atoms with Crippen molar-refractivity contribution in [2.75, 3.05) is 0 Å². The minimum atomic E-state index is -0.144. The van der Waals surface area contributed by atoms with Gasteiger partial charge in [0.2, 0.25) is 11.8 Å². The van der Waals surface area contributed by atoms with E-state index in [9.17, 15) is 9.59 Å². The first-order valence-corrected chi connectivity index (χ1v) is 6.69. The first-order valence-electron chi connectivity index (χ1n) is 5.19. The number of halogens is 2. The fraction of sp³-hybridized carbons (Fsp3) is 0.182. The summed E-state index contributed by atoms with van der Waals surface area (Å²) >= 11 is 6.19. The van der Waals surface area contributed by atoms with Crippen LogP contribution in [-0.2, 0) is 9.59 Å². The molecule has 0 radical (unpaired) electrons. The molecule has 0 aliphatic carbocycles. The van der Waals surface area contributed by atoms with Gasteiger partial charge in [-0.1, -0.05) is 6.07 Å². The molecule has 0 unspecified atom stereocenters. The Kier molecular flexibility index (Phi) is 4.13. The lowest BCUT2D eigenvalue weighted by Gasteiger charge is -1.97. The Bertz CT molecular complexity index is 581. The van der Waals surface area contributed by atoms with Crippen LogP contribution in [0.3, 0.4) is 0 Å². The number of hydrogen-bond donors (Lipinski definition) is 0. The molecule has 3 rings (SSSR count). The maximum atomic E-state index is 10.4. The van der Waals surface area contributed by atoms with Crippen molar-refractivity contribution in [3.05, 3.63) is 35.1 Å². The number of hydrogen-bond acceptors (Lipinski definition) is 3. The molecule has 3 heterocycles. The van der Waals surface area contributed by atoms with Crippen molar-refractivity contribution in [3.63, 3.8) is 0 Å². The van der Waals surface area contributed by atoms with Crippen LogP contribution in [0.5, 0.6) is 0 Å². The van der Waals surface area contributed by atoms with Crippen LogP contribution in [0.4, 0.5) is 0 Å². The van der Waals surface area contributed by atoms with E-state index in [1.54, 1.807) is 6.20 Å². The zero-order chi connectivity index (χ0) is 13.1. The van der Waals surface area contributed by atoms with Crippen LogP contribution in [0.25, 0.3) is 5.52 Å². The van der Waals surface area contributed by atoms with Crippen LogP contribution in [0.1, 0.15) is 12.8 Å². The molecule has 0 saturated carbocycles. The van der Waals surface area contributed by atoms with Gasteiger partial charge < -0.3 is 0 Å². The predicted molar refractivity (Wildman–Crippen MR) is 72.9 cm³/mol. The third-order valence-electron chi connectivity index (χ3n) is 2.37. The van der Waals surface area contributed by atoms with Crippen LogP contribution >= 0.6 is 32.1 Å². The van der Waals surface area contributed by atoms with Gasteiger partial charge >= 0.3 is 0 Å². The van der Waals surface area contributed by atoms with Crippen molar-refractivity contribution >= 4 is 49.4 Å². The molecule has 2 aromatic rings. The van der Waals surface area contributed by atoms with E-state index in [1.807, 2.05) is 28.9 Å². The molecule has 1 fully saturated rings.